The number of nitrogens with zero attached hydrogens (tertiary/aromatic N) is 2. The van der Waals surface area contributed by atoms with Crippen LogP contribution < -0.4 is 0 Å². The summed E-state index contributed by atoms with van der Waals surface area (Å²) < 4.78 is 10.7. The first-order valence-corrected chi connectivity index (χ1v) is 7.14. The molecule has 0 amide bonds. The number of hydrogen-bond acceptors (Lipinski definition) is 6. The summed E-state index contributed by atoms with van der Waals surface area (Å²) in [6.45, 7) is 1.54. The number of morpholine rings is 1. The van der Waals surface area contributed by atoms with Crippen LogP contribution in [-0.2, 0) is 20.8 Å². The van der Waals surface area contributed by atoms with Gasteiger partial charge in [-0.15, -0.1) is 0 Å². The average molecular weight is 359 g/mol. The van der Waals surface area contributed by atoms with Crippen LogP contribution in [0.3, 0.4) is 0 Å². The highest BCUT2D eigenvalue weighted by molar-refractivity contribution is 9.10. The highest BCUT2D eigenvalue weighted by Gasteiger charge is 2.31. The Morgan fingerprint density at radius 2 is 2.38 bits per heavy atom. The van der Waals surface area contributed by atoms with Crippen LogP contribution >= 0.6 is 15.9 Å². The number of rotatable bonds is 4. The number of halogens is 1. The Hall–Kier alpha value is -1.51. The fraction of sp³-hybridized carbons (Fsp3) is 0.462. The molecule has 0 bridgehead atoms. The van der Waals surface area contributed by atoms with Crippen molar-refractivity contribution in [2.45, 2.75) is 12.6 Å². The van der Waals surface area contributed by atoms with Gasteiger partial charge in [-0.2, -0.15) is 0 Å². The zero-order valence-corrected chi connectivity index (χ0v) is 13.0. The van der Waals surface area contributed by atoms with Gasteiger partial charge in [-0.05, 0) is 12.1 Å². The second-order valence-electron chi connectivity index (χ2n) is 4.61. The van der Waals surface area contributed by atoms with Crippen LogP contribution in [0, 0.1) is 10.1 Å². The van der Waals surface area contributed by atoms with Crippen molar-refractivity contribution in [3.05, 3.63) is 38.3 Å². The number of nitro groups is 1. The SMILES string of the molecule is COC(=O)C1COCCN1Cc1ccc(Br)cc1[N+](=O)[O-]. The molecule has 0 spiro atoms. The van der Waals surface area contributed by atoms with Crippen LogP contribution in [0.15, 0.2) is 22.7 Å². The molecule has 114 valence electrons. The predicted molar refractivity (Wildman–Crippen MR) is 77.8 cm³/mol. The lowest BCUT2D eigenvalue weighted by Gasteiger charge is -2.33. The molecule has 0 N–H and O–H groups in total. The topological polar surface area (TPSA) is 81.9 Å². The molecule has 21 heavy (non-hydrogen) atoms. The van der Waals surface area contributed by atoms with Gasteiger partial charge in [0.15, 0.2) is 0 Å². The number of carbonyl (C=O) groups is 1. The van der Waals surface area contributed by atoms with E-state index >= 15 is 0 Å². The highest BCUT2D eigenvalue weighted by atomic mass is 79.9. The lowest BCUT2D eigenvalue weighted by molar-refractivity contribution is -0.385. The molecular weight excluding hydrogens is 344 g/mol. The molecular formula is C13H15BrN2O5. The van der Waals surface area contributed by atoms with E-state index in [1.807, 2.05) is 4.90 Å². The van der Waals surface area contributed by atoms with E-state index in [1.54, 1.807) is 12.1 Å². The third-order valence-corrected chi connectivity index (χ3v) is 3.82. The molecule has 0 radical (unpaired) electrons. The summed E-state index contributed by atoms with van der Waals surface area (Å²) in [7, 11) is 1.32. The van der Waals surface area contributed by atoms with Crippen LogP contribution in [0.4, 0.5) is 5.69 Å². The van der Waals surface area contributed by atoms with E-state index in [4.69, 9.17) is 9.47 Å². The summed E-state index contributed by atoms with van der Waals surface area (Å²) in [5, 5.41) is 11.1. The maximum Gasteiger partial charge on any atom is 0.325 e. The summed E-state index contributed by atoms with van der Waals surface area (Å²) in [5.41, 5.74) is 0.582. The van der Waals surface area contributed by atoms with Gasteiger partial charge < -0.3 is 9.47 Å². The molecule has 1 saturated heterocycles. The van der Waals surface area contributed by atoms with Gasteiger partial charge in [0.25, 0.3) is 5.69 Å². The normalized spacial score (nSPS) is 19.2. The lowest BCUT2D eigenvalue weighted by atomic mass is 10.1. The number of benzene rings is 1. The Morgan fingerprint density at radius 1 is 1.62 bits per heavy atom. The van der Waals surface area contributed by atoms with Gasteiger partial charge in [0.2, 0.25) is 0 Å². The maximum absolute atomic E-state index is 11.8. The van der Waals surface area contributed by atoms with Crippen LogP contribution in [0.5, 0.6) is 0 Å². The van der Waals surface area contributed by atoms with Gasteiger partial charge in [0.05, 0.1) is 25.2 Å². The molecule has 1 aliphatic rings. The Bertz CT molecular complexity index is 551. The molecule has 0 aromatic heterocycles. The minimum atomic E-state index is -0.535. The minimum absolute atomic E-state index is 0.0273. The zero-order chi connectivity index (χ0) is 15.4. The average Bonchev–Trinajstić information content (AvgIpc) is 2.48. The largest absolute Gasteiger partial charge is 0.468 e. The van der Waals surface area contributed by atoms with E-state index < -0.39 is 16.9 Å². The van der Waals surface area contributed by atoms with Gasteiger partial charge in [0, 0.05) is 29.2 Å². The predicted octanol–water partition coefficient (Wildman–Crippen LogP) is 1.73. The summed E-state index contributed by atoms with van der Waals surface area (Å²) in [5.74, 6) is -0.394. The van der Waals surface area contributed by atoms with E-state index in [2.05, 4.69) is 15.9 Å². The number of esters is 1. The van der Waals surface area contributed by atoms with Gasteiger partial charge in [-0.3, -0.25) is 19.8 Å². The molecule has 1 aromatic rings. The fourth-order valence-corrected chi connectivity index (χ4v) is 2.59. The van der Waals surface area contributed by atoms with Crippen molar-refractivity contribution in [3.63, 3.8) is 0 Å². The van der Waals surface area contributed by atoms with E-state index in [1.165, 1.54) is 13.2 Å². The number of ether oxygens (including phenoxy) is 2. The summed E-state index contributed by atoms with van der Waals surface area (Å²) in [4.78, 5) is 24.3. The van der Waals surface area contributed by atoms with Crippen molar-refractivity contribution in [3.8, 4) is 0 Å². The van der Waals surface area contributed by atoms with Crippen molar-refractivity contribution < 1.29 is 19.2 Å². The van der Waals surface area contributed by atoms with E-state index in [9.17, 15) is 14.9 Å². The monoisotopic (exact) mass is 358 g/mol. The summed E-state index contributed by atoms with van der Waals surface area (Å²) in [6.07, 6.45) is 0. The van der Waals surface area contributed by atoms with E-state index in [0.717, 1.165) is 0 Å². The van der Waals surface area contributed by atoms with Gasteiger partial charge in [0.1, 0.15) is 6.04 Å². The highest BCUT2D eigenvalue weighted by Crippen LogP contribution is 2.26. The molecule has 0 saturated carbocycles. The number of methoxy groups -OCH3 is 1. The fourth-order valence-electron chi connectivity index (χ4n) is 2.24. The summed E-state index contributed by atoms with van der Waals surface area (Å²) >= 11 is 3.22. The van der Waals surface area contributed by atoms with Gasteiger partial charge >= 0.3 is 5.97 Å². The minimum Gasteiger partial charge on any atom is -0.468 e. The van der Waals surface area contributed by atoms with Crippen molar-refractivity contribution in [2.75, 3.05) is 26.9 Å². The Kier molecular flexibility index (Phi) is 5.27. The second-order valence-corrected chi connectivity index (χ2v) is 5.53. The van der Waals surface area contributed by atoms with Crippen molar-refractivity contribution >= 4 is 27.6 Å². The molecule has 7 nitrogen and oxygen atoms in total. The number of carbonyl (C=O) groups excluding carboxylic acids is 1. The smallest absolute Gasteiger partial charge is 0.325 e. The maximum atomic E-state index is 11.8. The van der Waals surface area contributed by atoms with Gasteiger partial charge in [-0.1, -0.05) is 15.9 Å². The standard InChI is InChI=1S/C13H15BrN2O5/c1-20-13(17)12-8-21-5-4-15(12)7-9-2-3-10(14)6-11(9)16(18)19/h2-3,6,12H,4-5,7-8H2,1H3. The quantitative estimate of drug-likeness (QED) is 0.463. The zero-order valence-electron chi connectivity index (χ0n) is 11.5. The number of hydrogen-bond donors (Lipinski definition) is 0. The molecule has 8 heteroatoms. The number of nitro benzene ring substituents is 1. The van der Waals surface area contributed by atoms with E-state index in [-0.39, 0.29) is 12.3 Å². The lowest BCUT2D eigenvalue weighted by Crippen LogP contribution is -2.49. The Labute approximate surface area is 130 Å². The van der Waals surface area contributed by atoms with Crippen molar-refractivity contribution in [1.29, 1.82) is 0 Å². The molecule has 1 aromatic carbocycles. The first-order valence-electron chi connectivity index (χ1n) is 6.35. The molecule has 1 heterocycles. The van der Waals surface area contributed by atoms with Crippen LogP contribution in [-0.4, -0.2) is 48.7 Å². The van der Waals surface area contributed by atoms with Crippen molar-refractivity contribution in [1.82, 2.24) is 4.90 Å². The Balaban J connectivity index is 2.23. The first kappa shape index (κ1) is 15.9. The van der Waals surface area contributed by atoms with Crippen molar-refractivity contribution in [2.24, 2.45) is 0 Å². The Morgan fingerprint density at radius 3 is 3.05 bits per heavy atom. The van der Waals surface area contributed by atoms with E-state index in [0.29, 0.717) is 29.7 Å². The van der Waals surface area contributed by atoms with Crippen LogP contribution in [0.2, 0.25) is 0 Å². The third-order valence-electron chi connectivity index (χ3n) is 3.33. The molecule has 0 aliphatic carbocycles. The van der Waals surface area contributed by atoms with Crippen LogP contribution in [0.1, 0.15) is 5.56 Å². The molecule has 1 fully saturated rings. The molecule has 2 rings (SSSR count). The molecule has 1 aliphatic heterocycles. The van der Waals surface area contributed by atoms with Gasteiger partial charge in [-0.25, -0.2) is 0 Å². The summed E-state index contributed by atoms with van der Waals surface area (Å²) in [6, 6.07) is 4.36. The third kappa shape index (κ3) is 3.78. The first-order chi connectivity index (χ1) is 10.0. The molecule has 1 atom stereocenters. The van der Waals surface area contributed by atoms with Crippen LogP contribution in [0.25, 0.3) is 0 Å². The molecule has 1 unspecified atom stereocenters. The second kappa shape index (κ2) is 6.97.